The molecule has 2 rings (SSSR count). The molecule has 0 radical (unpaired) electrons. The van der Waals surface area contributed by atoms with Gasteiger partial charge in [-0.25, -0.2) is 4.79 Å². The quantitative estimate of drug-likeness (QED) is 0.372. The van der Waals surface area contributed by atoms with E-state index in [4.69, 9.17) is 4.74 Å². The van der Waals surface area contributed by atoms with Crippen LogP contribution in [0.3, 0.4) is 0 Å². The smallest absolute Gasteiger partial charge is 0.340 e. The average molecular weight is 348 g/mol. The number of nitro benzene ring substituents is 1. The van der Waals surface area contributed by atoms with Gasteiger partial charge in [-0.15, -0.1) is 11.3 Å². The molecular formula is C16H16N2O5S. The molecule has 2 aromatic rings. The Balaban J connectivity index is 2.15. The van der Waals surface area contributed by atoms with Crippen LogP contribution >= 0.6 is 11.3 Å². The van der Waals surface area contributed by atoms with E-state index in [2.05, 4.69) is 5.32 Å². The van der Waals surface area contributed by atoms with E-state index in [1.54, 1.807) is 13.1 Å². The summed E-state index contributed by atoms with van der Waals surface area (Å²) in [7, 11) is 1.58. The molecule has 1 aromatic heterocycles. The zero-order valence-electron chi connectivity index (χ0n) is 13.4. The van der Waals surface area contributed by atoms with Gasteiger partial charge >= 0.3 is 5.97 Å². The number of anilines is 1. The molecule has 0 unspecified atom stereocenters. The van der Waals surface area contributed by atoms with E-state index in [1.165, 1.54) is 23.5 Å². The Morgan fingerprint density at radius 1 is 1.25 bits per heavy atom. The first kappa shape index (κ1) is 17.6. The van der Waals surface area contributed by atoms with Crippen LogP contribution in [0.5, 0.6) is 0 Å². The molecule has 1 N–H and O–H groups in total. The monoisotopic (exact) mass is 348 g/mol. The molecule has 0 aliphatic heterocycles. The number of hydrogen-bond donors (Lipinski definition) is 1. The van der Waals surface area contributed by atoms with E-state index in [-0.39, 0.29) is 17.0 Å². The number of aryl methyl sites for hydroxylation is 2. The Hall–Kier alpha value is -2.74. The molecule has 8 heteroatoms. The third-order valence-electron chi connectivity index (χ3n) is 3.38. The predicted molar refractivity (Wildman–Crippen MR) is 91.0 cm³/mol. The first-order valence-electron chi connectivity index (χ1n) is 7.07. The van der Waals surface area contributed by atoms with E-state index in [0.717, 1.165) is 15.8 Å². The highest BCUT2D eigenvalue weighted by Crippen LogP contribution is 2.24. The van der Waals surface area contributed by atoms with Crippen LogP contribution in [0.1, 0.15) is 30.5 Å². The number of rotatable bonds is 6. The number of non-ortho nitro benzene ring substituents is 1. The average Bonchev–Trinajstić information content (AvgIpc) is 2.90. The van der Waals surface area contributed by atoms with Crippen molar-refractivity contribution < 1.29 is 19.2 Å². The zero-order chi connectivity index (χ0) is 17.9. The van der Waals surface area contributed by atoms with Gasteiger partial charge in [0, 0.05) is 40.2 Å². The van der Waals surface area contributed by atoms with Gasteiger partial charge in [0.15, 0.2) is 6.61 Å². The van der Waals surface area contributed by atoms with Gasteiger partial charge in [-0.05, 0) is 26.0 Å². The highest BCUT2D eigenvalue weighted by Gasteiger charge is 2.20. The fourth-order valence-corrected chi connectivity index (χ4v) is 3.17. The topological polar surface area (TPSA) is 98.5 Å². The third-order valence-corrected chi connectivity index (χ3v) is 4.34. The molecule has 0 saturated carbocycles. The van der Waals surface area contributed by atoms with Crippen molar-refractivity contribution in [3.8, 4) is 0 Å². The minimum atomic E-state index is -0.791. The van der Waals surface area contributed by atoms with Gasteiger partial charge < -0.3 is 10.1 Å². The number of nitrogens with one attached hydrogen (secondary N) is 1. The van der Waals surface area contributed by atoms with Crippen molar-refractivity contribution in [1.29, 1.82) is 0 Å². The fraction of sp³-hybridized carbons (Fsp3) is 0.250. The van der Waals surface area contributed by atoms with E-state index in [0.29, 0.717) is 11.3 Å². The van der Waals surface area contributed by atoms with Crippen LogP contribution in [-0.4, -0.2) is 30.3 Å². The number of ether oxygens (including phenoxy) is 1. The summed E-state index contributed by atoms with van der Waals surface area (Å²) in [5.41, 5.74) is 0.702. The Morgan fingerprint density at radius 3 is 2.50 bits per heavy atom. The Labute approximate surface area is 142 Å². The number of hydrogen-bond acceptors (Lipinski definition) is 7. The van der Waals surface area contributed by atoms with Crippen LogP contribution in [0.4, 0.5) is 11.4 Å². The van der Waals surface area contributed by atoms with Gasteiger partial charge in [0.25, 0.3) is 5.69 Å². The van der Waals surface area contributed by atoms with Crippen LogP contribution in [0.2, 0.25) is 0 Å². The van der Waals surface area contributed by atoms with Gasteiger partial charge in [0.05, 0.1) is 10.5 Å². The molecule has 0 saturated heterocycles. The molecule has 1 heterocycles. The number of nitrogens with zero attached hydrogens (tertiary/aromatic N) is 1. The van der Waals surface area contributed by atoms with E-state index in [9.17, 15) is 19.7 Å². The first-order chi connectivity index (χ1) is 11.3. The number of benzene rings is 1. The Kier molecular flexibility index (Phi) is 5.30. The predicted octanol–water partition coefficient (Wildman–Crippen LogP) is 3.35. The molecule has 0 amide bonds. The summed E-state index contributed by atoms with van der Waals surface area (Å²) in [6.45, 7) is 3.30. The number of carbonyl (C=O) groups excluding carboxylic acids is 2. The van der Waals surface area contributed by atoms with Gasteiger partial charge in [0.2, 0.25) is 5.78 Å². The van der Waals surface area contributed by atoms with Crippen LogP contribution in [0.15, 0.2) is 24.3 Å². The normalized spacial score (nSPS) is 10.3. The summed E-state index contributed by atoms with van der Waals surface area (Å²) in [5.74, 6) is -1.09. The van der Waals surface area contributed by atoms with Gasteiger partial charge in [-0.2, -0.15) is 0 Å². The molecule has 0 aliphatic carbocycles. The number of Topliss-reactive ketones (excluding diaryl/α,β-unsaturated/α-hetero) is 1. The highest BCUT2D eigenvalue weighted by molar-refractivity contribution is 7.12. The standard InChI is InChI=1S/C16H16N2O5S/c1-9-6-12(10(2)24-9)15(19)8-23-16(20)13-7-11(18(21)22)4-5-14(13)17-3/h4-7,17H,8H2,1-3H3. The second kappa shape index (κ2) is 7.22. The summed E-state index contributed by atoms with van der Waals surface area (Å²) in [6, 6.07) is 5.58. The van der Waals surface area contributed by atoms with Crippen molar-refractivity contribution in [3.05, 3.63) is 55.3 Å². The molecule has 0 fully saturated rings. The van der Waals surface area contributed by atoms with Crippen molar-refractivity contribution >= 4 is 34.5 Å². The lowest BCUT2D eigenvalue weighted by molar-refractivity contribution is -0.384. The van der Waals surface area contributed by atoms with E-state index in [1.807, 2.05) is 13.8 Å². The van der Waals surface area contributed by atoms with Crippen molar-refractivity contribution in [1.82, 2.24) is 0 Å². The van der Waals surface area contributed by atoms with Gasteiger partial charge in [-0.1, -0.05) is 0 Å². The Bertz CT molecular complexity index is 813. The highest BCUT2D eigenvalue weighted by atomic mass is 32.1. The fourth-order valence-electron chi connectivity index (χ4n) is 2.23. The first-order valence-corrected chi connectivity index (χ1v) is 7.88. The maximum absolute atomic E-state index is 12.2. The molecule has 0 spiro atoms. The number of thiophene rings is 1. The lowest BCUT2D eigenvalue weighted by Gasteiger charge is -2.09. The van der Waals surface area contributed by atoms with Crippen LogP contribution in [0.25, 0.3) is 0 Å². The van der Waals surface area contributed by atoms with E-state index >= 15 is 0 Å². The van der Waals surface area contributed by atoms with E-state index < -0.39 is 17.5 Å². The lowest BCUT2D eigenvalue weighted by atomic mass is 10.1. The molecular weight excluding hydrogens is 332 g/mol. The number of carbonyl (C=O) groups is 2. The van der Waals surface area contributed by atoms with Gasteiger partial charge in [0.1, 0.15) is 0 Å². The van der Waals surface area contributed by atoms with Crippen LogP contribution < -0.4 is 5.32 Å². The molecule has 24 heavy (non-hydrogen) atoms. The third kappa shape index (κ3) is 3.77. The lowest BCUT2D eigenvalue weighted by Crippen LogP contribution is -2.15. The van der Waals surface area contributed by atoms with Crippen LogP contribution in [0, 0.1) is 24.0 Å². The van der Waals surface area contributed by atoms with Gasteiger partial charge in [-0.3, -0.25) is 14.9 Å². The number of nitro groups is 1. The summed E-state index contributed by atoms with van der Waals surface area (Å²) in [4.78, 5) is 36.4. The summed E-state index contributed by atoms with van der Waals surface area (Å²) in [6.07, 6.45) is 0. The minimum Gasteiger partial charge on any atom is -0.454 e. The molecule has 1 aromatic carbocycles. The maximum Gasteiger partial charge on any atom is 0.340 e. The molecule has 0 aliphatic rings. The maximum atomic E-state index is 12.2. The second-order valence-electron chi connectivity index (χ2n) is 5.06. The second-order valence-corrected chi connectivity index (χ2v) is 6.52. The molecule has 0 bridgehead atoms. The van der Waals surface area contributed by atoms with Crippen molar-refractivity contribution in [2.75, 3.05) is 19.0 Å². The zero-order valence-corrected chi connectivity index (χ0v) is 14.2. The largest absolute Gasteiger partial charge is 0.454 e. The summed E-state index contributed by atoms with van der Waals surface area (Å²) in [5, 5.41) is 13.6. The van der Waals surface area contributed by atoms with Crippen molar-refractivity contribution in [2.45, 2.75) is 13.8 Å². The molecule has 0 atom stereocenters. The van der Waals surface area contributed by atoms with Crippen LogP contribution in [-0.2, 0) is 4.74 Å². The number of ketones is 1. The molecule has 7 nitrogen and oxygen atoms in total. The molecule has 126 valence electrons. The van der Waals surface area contributed by atoms with Crippen molar-refractivity contribution in [3.63, 3.8) is 0 Å². The summed E-state index contributed by atoms with van der Waals surface area (Å²) >= 11 is 1.49. The Morgan fingerprint density at radius 2 is 1.96 bits per heavy atom. The SMILES string of the molecule is CNc1ccc([N+](=O)[O-])cc1C(=O)OCC(=O)c1cc(C)sc1C. The minimum absolute atomic E-state index is 0.0118. The van der Waals surface area contributed by atoms with Crippen molar-refractivity contribution in [2.24, 2.45) is 0 Å². The number of esters is 1. The summed E-state index contributed by atoms with van der Waals surface area (Å²) < 4.78 is 5.04.